The van der Waals surface area contributed by atoms with E-state index in [-0.39, 0.29) is 30.8 Å². The van der Waals surface area contributed by atoms with Crippen molar-refractivity contribution in [3.63, 3.8) is 0 Å². The Bertz CT molecular complexity index is 971. The van der Waals surface area contributed by atoms with Gasteiger partial charge in [-0.05, 0) is 77.1 Å². The molecule has 3 heterocycles. The number of thiocarbonyl (C=S) groups is 1. The molecule has 2 saturated heterocycles. The van der Waals surface area contributed by atoms with Gasteiger partial charge in [0.25, 0.3) is 5.91 Å². The molecule has 3 aliphatic rings. The van der Waals surface area contributed by atoms with Crippen molar-refractivity contribution in [2.75, 3.05) is 24.7 Å². The van der Waals surface area contributed by atoms with Crippen LogP contribution in [0.2, 0.25) is 5.02 Å². The zero-order valence-electron chi connectivity index (χ0n) is 20.4. The Morgan fingerprint density at radius 1 is 1.23 bits per heavy atom. The van der Waals surface area contributed by atoms with Gasteiger partial charge in [-0.15, -0.1) is 0 Å². The lowest BCUT2D eigenvalue weighted by Gasteiger charge is -2.40. The van der Waals surface area contributed by atoms with E-state index in [4.69, 9.17) is 43.3 Å². The zero-order chi connectivity index (χ0) is 25.0. The van der Waals surface area contributed by atoms with Gasteiger partial charge in [0.15, 0.2) is 11.4 Å². The Labute approximate surface area is 217 Å². The number of hydrogen-bond acceptors (Lipinski definition) is 7. The second-order valence-electron chi connectivity index (χ2n) is 9.78. The van der Waals surface area contributed by atoms with E-state index in [2.05, 4.69) is 9.88 Å². The molecule has 1 aromatic rings. The highest BCUT2D eigenvalue weighted by atomic mass is 35.5. The first kappa shape index (κ1) is 26.2. The number of hydrogen-bond donors (Lipinski definition) is 0. The molecule has 3 fully saturated rings. The quantitative estimate of drug-likeness (QED) is 0.368. The summed E-state index contributed by atoms with van der Waals surface area (Å²) in [6.45, 7) is 5.70. The van der Waals surface area contributed by atoms with Crippen molar-refractivity contribution >= 4 is 40.5 Å². The second kappa shape index (κ2) is 11.5. The van der Waals surface area contributed by atoms with Gasteiger partial charge in [-0.2, -0.15) is 5.26 Å². The third-order valence-corrected chi connectivity index (χ3v) is 7.73. The second-order valence-corrected chi connectivity index (χ2v) is 10.5. The van der Waals surface area contributed by atoms with Crippen LogP contribution in [0.4, 0.5) is 5.69 Å². The van der Waals surface area contributed by atoms with E-state index in [1.54, 1.807) is 12.3 Å². The van der Waals surface area contributed by atoms with Crippen LogP contribution in [0.25, 0.3) is 0 Å². The van der Waals surface area contributed by atoms with Crippen LogP contribution in [0.3, 0.4) is 0 Å². The van der Waals surface area contributed by atoms with Crippen molar-refractivity contribution in [1.82, 2.24) is 9.88 Å². The molecule has 10 heteroatoms. The van der Waals surface area contributed by atoms with Crippen LogP contribution in [0.5, 0.6) is 0 Å². The van der Waals surface area contributed by atoms with Gasteiger partial charge in [0.05, 0.1) is 54.4 Å². The smallest absolute Gasteiger partial charge is 0.258 e. The highest BCUT2D eigenvalue weighted by Crippen LogP contribution is 2.38. The van der Waals surface area contributed by atoms with Crippen molar-refractivity contribution in [3.8, 4) is 6.07 Å². The van der Waals surface area contributed by atoms with E-state index in [1.807, 2.05) is 19.9 Å². The first-order chi connectivity index (χ1) is 16.8. The van der Waals surface area contributed by atoms with Crippen molar-refractivity contribution in [3.05, 3.63) is 23.0 Å². The summed E-state index contributed by atoms with van der Waals surface area (Å²) < 4.78 is 17.4. The summed E-state index contributed by atoms with van der Waals surface area (Å²) in [7, 11) is 0. The average Bonchev–Trinajstić information content (AvgIpc) is 3.03. The van der Waals surface area contributed by atoms with Crippen molar-refractivity contribution in [2.45, 2.75) is 89.2 Å². The van der Waals surface area contributed by atoms with Crippen LogP contribution < -0.4 is 4.90 Å². The summed E-state index contributed by atoms with van der Waals surface area (Å²) in [6, 6.07) is 3.86. The number of pyridine rings is 1. The molecule has 2 aliphatic heterocycles. The summed E-state index contributed by atoms with van der Waals surface area (Å²) in [5.41, 5.74) is 0.240. The van der Waals surface area contributed by atoms with E-state index < -0.39 is 5.54 Å². The van der Waals surface area contributed by atoms with Crippen LogP contribution in [0.15, 0.2) is 12.3 Å². The molecule has 1 amide bonds. The van der Waals surface area contributed by atoms with E-state index >= 15 is 0 Å². The van der Waals surface area contributed by atoms with E-state index in [1.165, 1.54) is 4.90 Å². The van der Waals surface area contributed by atoms with Gasteiger partial charge in [0.2, 0.25) is 0 Å². The molecule has 1 unspecified atom stereocenters. The Morgan fingerprint density at radius 2 is 1.97 bits per heavy atom. The number of amides is 1. The number of rotatable bonds is 8. The fourth-order valence-corrected chi connectivity index (χ4v) is 5.93. The predicted molar refractivity (Wildman–Crippen MR) is 136 cm³/mol. The Kier molecular flexibility index (Phi) is 8.61. The van der Waals surface area contributed by atoms with Gasteiger partial charge in [0.1, 0.15) is 5.54 Å². The average molecular weight is 521 g/mol. The molecule has 35 heavy (non-hydrogen) atoms. The van der Waals surface area contributed by atoms with Gasteiger partial charge < -0.3 is 19.1 Å². The number of anilines is 1. The van der Waals surface area contributed by atoms with Crippen LogP contribution in [0, 0.1) is 11.3 Å². The number of nitrogens with zero attached hydrogens (tertiary/aromatic N) is 4. The third-order valence-electron chi connectivity index (χ3n) is 7.02. The van der Waals surface area contributed by atoms with Crippen LogP contribution in [-0.4, -0.2) is 64.7 Å². The first-order valence-electron chi connectivity index (χ1n) is 12.4. The summed E-state index contributed by atoms with van der Waals surface area (Å²) in [5.74, 6) is -0.103. The molecule has 1 saturated carbocycles. The van der Waals surface area contributed by atoms with Gasteiger partial charge in [-0.25, -0.2) is 0 Å². The third kappa shape index (κ3) is 5.78. The summed E-state index contributed by atoms with van der Waals surface area (Å²) in [5, 5.41) is 9.75. The standard InChI is InChI=1S/C25H33ClN4O4S/c1-25(2)23(31)29(18-15-20(26)21(10-11-27)28-16-18)24(35)30(25)17-6-8-19(9-7-17)32-13-14-34-22-5-3-4-12-33-22/h15-17,19,22H,3-10,12-14H2,1-2H3/t17-,19-,22?. The fraction of sp³-hybridized carbons (Fsp3) is 0.680. The summed E-state index contributed by atoms with van der Waals surface area (Å²) in [6.07, 6.45) is 8.59. The summed E-state index contributed by atoms with van der Waals surface area (Å²) in [4.78, 5) is 21.3. The van der Waals surface area contributed by atoms with Gasteiger partial charge in [-0.3, -0.25) is 14.7 Å². The molecular weight excluding hydrogens is 488 g/mol. The van der Waals surface area contributed by atoms with Crippen LogP contribution in [0.1, 0.15) is 64.5 Å². The fourth-order valence-electron chi connectivity index (χ4n) is 5.14. The molecule has 4 rings (SSSR count). The van der Waals surface area contributed by atoms with Gasteiger partial charge in [0, 0.05) is 12.6 Å². The molecular formula is C25H33ClN4O4S. The minimum absolute atomic E-state index is 0.0883. The van der Waals surface area contributed by atoms with Crippen LogP contribution in [-0.2, 0) is 25.4 Å². The van der Waals surface area contributed by atoms with Crippen molar-refractivity contribution in [2.24, 2.45) is 0 Å². The molecule has 0 bridgehead atoms. The number of carbonyl (C=O) groups excluding carboxylic acids is 1. The first-order valence-corrected chi connectivity index (χ1v) is 13.2. The van der Waals surface area contributed by atoms with Crippen LogP contribution >= 0.6 is 23.8 Å². The molecule has 0 N–H and O–H groups in total. The normalized spacial score (nSPS) is 26.7. The van der Waals surface area contributed by atoms with Gasteiger partial charge in [-0.1, -0.05) is 11.6 Å². The van der Waals surface area contributed by atoms with Crippen molar-refractivity contribution in [1.29, 1.82) is 5.26 Å². The SMILES string of the molecule is CC1(C)C(=O)N(c2cnc(CC#N)c(Cl)c2)C(=S)N1[C@H]1CC[C@H](OCCOC2CCCCO2)CC1. The van der Waals surface area contributed by atoms with Gasteiger partial charge >= 0.3 is 0 Å². The Hall–Kier alpha value is -1.83. The minimum atomic E-state index is -0.777. The molecule has 190 valence electrons. The maximum atomic E-state index is 13.4. The largest absolute Gasteiger partial charge is 0.376 e. The highest BCUT2D eigenvalue weighted by molar-refractivity contribution is 7.80. The highest BCUT2D eigenvalue weighted by Gasteiger charge is 2.52. The maximum Gasteiger partial charge on any atom is 0.258 e. The molecule has 0 spiro atoms. The molecule has 1 atom stereocenters. The lowest BCUT2D eigenvalue weighted by Crippen LogP contribution is -2.51. The minimum Gasteiger partial charge on any atom is -0.376 e. The topological polar surface area (TPSA) is 87.9 Å². The molecule has 1 aromatic heterocycles. The summed E-state index contributed by atoms with van der Waals surface area (Å²) >= 11 is 12.1. The maximum absolute atomic E-state index is 13.4. The number of halogens is 1. The van der Waals surface area contributed by atoms with Crippen molar-refractivity contribution < 1.29 is 19.0 Å². The number of aromatic nitrogens is 1. The van der Waals surface area contributed by atoms with E-state index in [9.17, 15) is 4.79 Å². The predicted octanol–water partition coefficient (Wildman–Crippen LogP) is 4.38. The zero-order valence-corrected chi connectivity index (χ0v) is 21.9. The Balaban J connectivity index is 1.32. The molecule has 0 aromatic carbocycles. The number of nitriles is 1. The Morgan fingerprint density at radius 3 is 2.63 bits per heavy atom. The lowest BCUT2D eigenvalue weighted by molar-refractivity contribution is -0.172. The molecule has 0 radical (unpaired) electrons. The number of carbonyl (C=O) groups is 1. The number of ether oxygens (including phenoxy) is 3. The molecule has 1 aliphatic carbocycles. The molecule has 8 nitrogen and oxygen atoms in total. The van der Waals surface area contributed by atoms with E-state index in [0.29, 0.717) is 34.7 Å². The van der Waals surface area contributed by atoms with E-state index in [0.717, 1.165) is 51.6 Å². The monoisotopic (exact) mass is 520 g/mol. The lowest BCUT2D eigenvalue weighted by atomic mass is 9.89.